The molecule has 0 aliphatic heterocycles. The first kappa shape index (κ1) is 20.0. The number of rotatable bonds is 6. The summed E-state index contributed by atoms with van der Waals surface area (Å²) < 4.78 is 32.4. The summed E-state index contributed by atoms with van der Waals surface area (Å²) in [5, 5.41) is 1.11. The van der Waals surface area contributed by atoms with Crippen LogP contribution in [0.2, 0.25) is 0 Å². The molecular formula is C24H29NO3S. The number of nitrogens with zero attached hydrogens (tertiary/aromatic N) is 1. The van der Waals surface area contributed by atoms with Gasteiger partial charge in [0.1, 0.15) is 5.75 Å². The standard InChI is InChI=1S/C24H29NO3S/c1-17-13-18(2)15-19(14-17)28-12-6-11-25-23-8-5-4-7-21(23)22-16-20(29(3,26)27)9-10-24(22)25/h9-10,13-16H,4-8,11-12H2,1-3H3. The van der Waals surface area contributed by atoms with Crippen molar-refractivity contribution in [3.63, 3.8) is 0 Å². The zero-order valence-electron chi connectivity index (χ0n) is 17.5. The van der Waals surface area contributed by atoms with Crippen LogP contribution in [0.5, 0.6) is 5.75 Å². The predicted octanol–water partition coefficient (Wildman–Crippen LogP) is 5.01. The molecule has 0 radical (unpaired) electrons. The van der Waals surface area contributed by atoms with Crippen molar-refractivity contribution in [1.82, 2.24) is 4.57 Å². The van der Waals surface area contributed by atoms with Crippen molar-refractivity contribution < 1.29 is 13.2 Å². The van der Waals surface area contributed by atoms with Gasteiger partial charge in [0.2, 0.25) is 0 Å². The summed E-state index contributed by atoms with van der Waals surface area (Å²) in [7, 11) is -3.20. The number of ether oxygens (including phenoxy) is 1. The average molecular weight is 412 g/mol. The zero-order chi connectivity index (χ0) is 20.6. The molecule has 0 bridgehead atoms. The van der Waals surface area contributed by atoms with Gasteiger partial charge in [-0.3, -0.25) is 0 Å². The summed E-state index contributed by atoms with van der Waals surface area (Å²) in [6, 6.07) is 11.9. The summed E-state index contributed by atoms with van der Waals surface area (Å²) in [4.78, 5) is 0.411. The summed E-state index contributed by atoms with van der Waals surface area (Å²) in [5.41, 5.74) is 6.30. The second-order valence-electron chi connectivity index (χ2n) is 8.26. The van der Waals surface area contributed by atoms with Crippen LogP contribution in [0.1, 0.15) is 41.6 Å². The molecule has 2 aromatic carbocycles. The highest BCUT2D eigenvalue weighted by Crippen LogP contribution is 2.34. The van der Waals surface area contributed by atoms with Crippen molar-refractivity contribution in [1.29, 1.82) is 0 Å². The van der Waals surface area contributed by atoms with Gasteiger partial charge in [-0.2, -0.15) is 0 Å². The third-order valence-corrected chi connectivity index (χ3v) is 6.88. The van der Waals surface area contributed by atoms with Crippen LogP contribution in [-0.4, -0.2) is 25.8 Å². The molecule has 154 valence electrons. The van der Waals surface area contributed by atoms with E-state index in [1.807, 2.05) is 12.1 Å². The maximum atomic E-state index is 12.0. The first-order chi connectivity index (χ1) is 13.8. The number of fused-ring (bicyclic) bond motifs is 3. The fraction of sp³-hybridized carbons (Fsp3) is 0.417. The lowest BCUT2D eigenvalue weighted by Gasteiger charge is -2.16. The van der Waals surface area contributed by atoms with Gasteiger partial charge in [-0.15, -0.1) is 0 Å². The predicted molar refractivity (Wildman–Crippen MR) is 118 cm³/mol. The topological polar surface area (TPSA) is 48.3 Å². The van der Waals surface area contributed by atoms with Gasteiger partial charge < -0.3 is 9.30 Å². The molecule has 0 fully saturated rings. The highest BCUT2D eigenvalue weighted by atomic mass is 32.2. The lowest BCUT2D eigenvalue weighted by Crippen LogP contribution is -2.10. The van der Waals surface area contributed by atoms with E-state index < -0.39 is 9.84 Å². The number of aryl methyl sites for hydroxylation is 4. The quantitative estimate of drug-likeness (QED) is 0.536. The molecule has 0 saturated heterocycles. The van der Waals surface area contributed by atoms with E-state index >= 15 is 0 Å². The molecule has 0 atom stereocenters. The zero-order valence-corrected chi connectivity index (χ0v) is 18.3. The van der Waals surface area contributed by atoms with E-state index in [4.69, 9.17) is 4.74 Å². The van der Waals surface area contributed by atoms with Crippen molar-refractivity contribution in [3.05, 3.63) is 58.8 Å². The summed E-state index contributed by atoms with van der Waals surface area (Å²) in [6.45, 7) is 5.72. The minimum Gasteiger partial charge on any atom is -0.494 e. The Morgan fingerprint density at radius 2 is 1.72 bits per heavy atom. The number of benzene rings is 2. The van der Waals surface area contributed by atoms with Gasteiger partial charge in [-0.1, -0.05) is 6.07 Å². The Labute approximate surface area is 173 Å². The molecule has 5 heteroatoms. The number of hydrogen-bond acceptors (Lipinski definition) is 3. The lowest BCUT2D eigenvalue weighted by atomic mass is 9.95. The van der Waals surface area contributed by atoms with Crippen LogP contribution in [0.25, 0.3) is 10.9 Å². The fourth-order valence-electron chi connectivity index (χ4n) is 4.53. The maximum Gasteiger partial charge on any atom is 0.175 e. The van der Waals surface area contributed by atoms with E-state index in [2.05, 4.69) is 36.6 Å². The smallest absolute Gasteiger partial charge is 0.175 e. The van der Waals surface area contributed by atoms with Crippen LogP contribution >= 0.6 is 0 Å². The highest BCUT2D eigenvalue weighted by Gasteiger charge is 2.21. The molecule has 4 nitrogen and oxygen atoms in total. The van der Waals surface area contributed by atoms with Crippen molar-refractivity contribution in [2.75, 3.05) is 12.9 Å². The van der Waals surface area contributed by atoms with Gasteiger partial charge in [0.25, 0.3) is 0 Å². The van der Waals surface area contributed by atoms with Gasteiger partial charge >= 0.3 is 0 Å². The minimum absolute atomic E-state index is 0.411. The van der Waals surface area contributed by atoms with E-state index in [0.717, 1.165) is 42.5 Å². The summed E-state index contributed by atoms with van der Waals surface area (Å²) in [5.74, 6) is 0.930. The van der Waals surface area contributed by atoms with Gasteiger partial charge in [-0.05, 0) is 93.0 Å². The first-order valence-corrected chi connectivity index (χ1v) is 12.3. The third-order valence-electron chi connectivity index (χ3n) is 5.77. The maximum absolute atomic E-state index is 12.0. The Balaban J connectivity index is 1.56. The Morgan fingerprint density at radius 3 is 2.45 bits per heavy atom. The molecule has 0 N–H and O–H groups in total. The van der Waals surface area contributed by atoms with E-state index in [1.165, 1.54) is 41.5 Å². The molecule has 0 unspecified atom stereocenters. The Hall–Kier alpha value is -2.27. The normalized spacial score (nSPS) is 14.2. The van der Waals surface area contributed by atoms with Crippen LogP contribution in [0, 0.1) is 13.8 Å². The molecule has 1 aliphatic carbocycles. The van der Waals surface area contributed by atoms with Crippen molar-refractivity contribution in [3.8, 4) is 5.75 Å². The Kier molecular flexibility index (Phi) is 5.43. The molecule has 1 aliphatic rings. The fourth-order valence-corrected chi connectivity index (χ4v) is 5.18. The van der Waals surface area contributed by atoms with Crippen molar-refractivity contribution in [2.45, 2.75) is 57.4 Å². The minimum atomic E-state index is -3.20. The van der Waals surface area contributed by atoms with E-state index in [0.29, 0.717) is 11.5 Å². The van der Waals surface area contributed by atoms with Crippen molar-refractivity contribution in [2.24, 2.45) is 0 Å². The SMILES string of the molecule is Cc1cc(C)cc(OCCCn2c3c(c4cc(S(C)(=O)=O)ccc42)CCCC3)c1. The third kappa shape index (κ3) is 4.20. The van der Waals surface area contributed by atoms with Crippen LogP contribution in [-0.2, 0) is 29.2 Å². The number of aromatic nitrogens is 1. The van der Waals surface area contributed by atoms with Gasteiger partial charge in [0, 0.05) is 29.4 Å². The number of hydrogen-bond donors (Lipinski definition) is 0. The molecule has 4 rings (SSSR count). The Morgan fingerprint density at radius 1 is 1.00 bits per heavy atom. The molecule has 0 amide bonds. The van der Waals surface area contributed by atoms with Gasteiger partial charge in [0.15, 0.2) is 9.84 Å². The van der Waals surface area contributed by atoms with Gasteiger partial charge in [0.05, 0.1) is 11.5 Å². The molecule has 1 heterocycles. The van der Waals surface area contributed by atoms with E-state index in [1.54, 1.807) is 6.07 Å². The largest absolute Gasteiger partial charge is 0.494 e. The second kappa shape index (κ2) is 7.86. The van der Waals surface area contributed by atoms with Crippen LogP contribution in [0.4, 0.5) is 0 Å². The molecule has 0 saturated carbocycles. The van der Waals surface area contributed by atoms with Crippen molar-refractivity contribution >= 4 is 20.7 Å². The monoisotopic (exact) mass is 411 g/mol. The van der Waals surface area contributed by atoms with E-state index in [9.17, 15) is 8.42 Å². The first-order valence-electron chi connectivity index (χ1n) is 10.4. The lowest BCUT2D eigenvalue weighted by molar-refractivity contribution is 0.301. The second-order valence-corrected chi connectivity index (χ2v) is 10.3. The highest BCUT2D eigenvalue weighted by molar-refractivity contribution is 7.90. The number of sulfone groups is 1. The van der Waals surface area contributed by atoms with Crippen LogP contribution in [0.3, 0.4) is 0 Å². The molecule has 3 aromatic rings. The molecule has 29 heavy (non-hydrogen) atoms. The van der Waals surface area contributed by atoms with Gasteiger partial charge in [-0.25, -0.2) is 8.42 Å². The summed E-state index contributed by atoms with van der Waals surface area (Å²) >= 11 is 0. The van der Waals surface area contributed by atoms with E-state index in [-0.39, 0.29) is 0 Å². The average Bonchev–Trinajstić information content (AvgIpc) is 2.97. The molecule has 1 aromatic heterocycles. The summed E-state index contributed by atoms with van der Waals surface area (Å²) in [6.07, 6.45) is 6.66. The van der Waals surface area contributed by atoms with Crippen LogP contribution < -0.4 is 4.74 Å². The molecular weight excluding hydrogens is 382 g/mol. The van der Waals surface area contributed by atoms with Crippen LogP contribution in [0.15, 0.2) is 41.3 Å². The Bertz CT molecular complexity index is 1140. The molecule has 0 spiro atoms.